The molecule has 1 aliphatic heterocycles. The highest BCUT2D eigenvalue weighted by molar-refractivity contribution is 6.04. The first-order chi connectivity index (χ1) is 13.6. The number of benzene rings is 4. The lowest BCUT2D eigenvalue weighted by Crippen LogP contribution is -2.33. The van der Waals surface area contributed by atoms with Gasteiger partial charge in [0, 0.05) is 12.5 Å². The highest BCUT2D eigenvalue weighted by Gasteiger charge is 2.52. The fourth-order valence-electron chi connectivity index (χ4n) is 4.06. The first kappa shape index (κ1) is 16.5. The van der Waals surface area contributed by atoms with Gasteiger partial charge in [0.1, 0.15) is 0 Å². The Morgan fingerprint density at radius 2 is 1.46 bits per heavy atom. The zero-order valence-electron chi connectivity index (χ0n) is 15.1. The lowest BCUT2D eigenvalue weighted by atomic mass is 9.88. The number of carbonyl (C=O) groups is 2. The number of esters is 2. The fraction of sp³-hybridized carbons (Fsp3) is 0.0833. The van der Waals surface area contributed by atoms with Crippen LogP contribution in [0.4, 0.5) is 0 Å². The minimum absolute atomic E-state index is 0.410. The van der Waals surface area contributed by atoms with Crippen molar-refractivity contribution in [2.75, 3.05) is 0 Å². The van der Waals surface area contributed by atoms with Gasteiger partial charge in [0.15, 0.2) is 0 Å². The second kappa shape index (κ2) is 5.92. The highest BCUT2D eigenvalue weighted by atomic mass is 16.7. The van der Waals surface area contributed by atoms with Crippen molar-refractivity contribution in [3.8, 4) is 0 Å². The third kappa shape index (κ3) is 2.24. The van der Waals surface area contributed by atoms with Crippen LogP contribution in [-0.4, -0.2) is 11.9 Å². The predicted molar refractivity (Wildman–Crippen MR) is 106 cm³/mol. The molecule has 0 unspecified atom stereocenters. The molecule has 0 fully saturated rings. The average Bonchev–Trinajstić information content (AvgIpc) is 2.99. The summed E-state index contributed by atoms with van der Waals surface area (Å²) in [6, 6.07) is 24.8. The number of cyclic esters (lactones) is 1. The van der Waals surface area contributed by atoms with Crippen LogP contribution in [0.25, 0.3) is 21.5 Å². The molecule has 0 spiro atoms. The normalized spacial score (nSPS) is 18.1. The summed E-state index contributed by atoms with van der Waals surface area (Å²) in [4.78, 5) is 25.0. The maximum Gasteiger partial charge on any atom is 0.342 e. The number of rotatable bonds is 2. The van der Waals surface area contributed by atoms with Gasteiger partial charge < -0.3 is 9.47 Å². The molecule has 0 saturated heterocycles. The van der Waals surface area contributed by atoms with E-state index in [0.717, 1.165) is 21.5 Å². The van der Waals surface area contributed by atoms with E-state index in [1.807, 2.05) is 72.8 Å². The molecule has 1 atom stereocenters. The van der Waals surface area contributed by atoms with E-state index in [1.54, 1.807) is 6.07 Å². The molecule has 0 amide bonds. The number of fused-ring (bicyclic) bond motifs is 4. The van der Waals surface area contributed by atoms with Gasteiger partial charge in [-0.25, -0.2) is 4.79 Å². The molecule has 0 bridgehead atoms. The van der Waals surface area contributed by atoms with Crippen LogP contribution < -0.4 is 0 Å². The molecular formula is C24H16O4. The Labute approximate surface area is 161 Å². The van der Waals surface area contributed by atoms with Crippen molar-refractivity contribution in [3.05, 3.63) is 95.6 Å². The summed E-state index contributed by atoms with van der Waals surface area (Å²) < 4.78 is 11.7. The van der Waals surface area contributed by atoms with Crippen LogP contribution >= 0.6 is 0 Å². The zero-order valence-corrected chi connectivity index (χ0v) is 15.1. The molecule has 0 aromatic heterocycles. The Morgan fingerprint density at radius 1 is 0.821 bits per heavy atom. The molecule has 4 heteroatoms. The SMILES string of the molecule is CC(=O)O[C@]1(c2cccc3ccccc23)OC(=O)c2ccc3ccccc3c21. The molecule has 4 aromatic carbocycles. The van der Waals surface area contributed by atoms with Gasteiger partial charge in [0.25, 0.3) is 0 Å². The second-order valence-electron chi connectivity index (χ2n) is 6.84. The van der Waals surface area contributed by atoms with Gasteiger partial charge in [0.05, 0.1) is 11.1 Å². The van der Waals surface area contributed by atoms with E-state index in [0.29, 0.717) is 16.7 Å². The molecule has 0 N–H and O–H groups in total. The van der Waals surface area contributed by atoms with Gasteiger partial charge in [-0.2, -0.15) is 0 Å². The van der Waals surface area contributed by atoms with Crippen LogP contribution in [0.5, 0.6) is 0 Å². The van der Waals surface area contributed by atoms with Crippen LogP contribution in [0.3, 0.4) is 0 Å². The van der Waals surface area contributed by atoms with E-state index >= 15 is 0 Å². The Morgan fingerprint density at radius 3 is 2.21 bits per heavy atom. The summed E-state index contributed by atoms with van der Waals surface area (Å²) in [5, 5.41) is 3.59. The van der Waals surface area contributed by atoms with Gasteiger partial charge in [-0.3, -0.25) is 4.79 Å². The molecule has 136 valence electrons. The number of hydrogen-bond acceptors (Lipinski definition) is 4. The van der Waals surface area contributed by atoms with E-state index in [-0.39, 0.29) is 0 Å². The molecule has 4 aromatic rings. The molecule has 0 radical (unpaired) electrons. The minimum Gasteiger partial charge on any atom is -0.414 e. The summed E-state index contributed by atoms with van der Waals surface area (Å²) >= 11 is 0. The van der Waals surface area contributed by atoms with Crippen molar-refractivity contribution in [1.29, 1.82) is 0 Å². The minimum atomic E-state index is -1.63. The van der Waals surface area contributed by atoms with Crippen molar-refractivity contribution in [2.24, 2.45) is 0 Å². The van der Waals surface area contributed by atoms with Crippen LogP contribution in [0, 0.1) is 0 Å². The Bertz CT molecular complexity index is 1260. The van der Waals surface area contributed by atoms with Gasteiger partial charge in [-0.15, -0.1) is 0 Å². The molecule has 0 saturated carbocycles. The zero-order chi connectivity index (χ0) is 19.3. The van der Waals surface area contributed by atoms with Crippen molar-refractivity contribution < 1.29 is 19.1 Å². The standard InChI is InChI=1S/C24H16O4/c1-15(25)27-24(21-12-6-9-16-7-2-4-10-18(16)21)22-19-11-5-3-8-17(19)13-14-20(22)23(26)28-24/h2-14H,1H3/t24-/m1/s1. The second-order valence-corrected chi connectivity index (χ2v) is 6.84. The third-order valence-corrected chi connectivity index (χ3v) is 5.15. The smallest absolute Gasteiger partial charge is 0.342 e. The van der Waals surface area contributed by atoms with Crippen LogP contribution in [-0.2, 0) is 20.1 Å². The van der Waals surface area contributed by atoms with Crippen molar-refractivity contribution in [2.45, 2.75) is 12.7 Å². The van der Waals surface area contributed by atoms with E-state index < -0.39 is 17.7 Å². The molecule has 1 heterocycles. The topological polar surface area (TPSA) is 52.6 Å². The van der Waals surface area contributed by atoms with E-state index in [4.69, 9.17) is 9.47 Å². The quantitative estimate of drug-likeness (QED) is 0.471. The Balaban J connectivity index is 1.93. The number of ether oxygens (including phenoxy) is 2. The fourth-order valence-corrected chi connectivity index (χ4v) is 4.06. The highest BCUT2D eigenvalue weighted by Crippen LogP contribution is 2.48. The number of hydrogen-bond donors (Lipinski definition) is 0. The average molecular weight is 368 g/mol. The number of carbonyl (C=O) groups excluding carboxylic acids is 2. The van der Waals surface area contributed by atoms with Gasteiger partial charge in [-0.05, 0) is 27.6 Å². The van der Waals surface area contributed by atoms with Crippen molar-refractivity contribution >= 4 is 33.5 Å². The lowest BCUT2D eigenvalue weighted by Gasteiger charge is -2.30. The molecular weight excluding hydrogens is 352 g/mol. The molecule has 4 nitrogen and oxygen atoms in total. The first-order valence-corrected chi connectivity index (χ1v) is 9.03. The summed E-state index contributed by atoms with van der Waals surface area (Å²) in [5.41, 5.74) is 1.61. The van der Waals surface area contributed by atoms with E-state index in [1.165, 1.54) is 6.92 Å². The Kier molecular flexibility index (Phi) is 3.49. The summed E-state index contributed by atoms with van der Waals surface area (Å²) in [6.45, 7) is 1.32. The van der Waals surface area contributed by atoms with Crippen molar-refractivity contribution in [1.82, 2.24) is 0 Å². The molecule has 0 aliphatic carbocycles. The van der Waals surface area contributed by atoms with Gasteiger partial charge in [0.2, 0.25) is 0 Å². The van der Waals surface area contributed by atoms with E-state index in [9.17, 15) is 9.59 Å². The predicted octanol–water partition coefficient (Wildman–Crippen LogP) is 4.93. The monoisotopic (exact) mass is 368 g/mol. The summed E-state index contributed by atoms with van der Waals surface area (Å²) in [6.07, 6.45) is 0. The van der Waals surface area contributed by atoms with Gasteiger partial charge >= 0.3 is 17.7 Å². The largest absolute Gasteiger partial charge is 0.414 e. The van der Waals surface area contributed by atoms with Crippen LogP contribution in [0.1, 0.15) is 28.4 Å². The van der Waals surface area contributed by atoms with Gasteiger partial charge in [-0.1, -0.05) is 72.8 Å². The van der Waals surface area contributed by atoms with E-state index in [2.05, 4.69) is 0 Å². The third-order valence-electron chi connectivity index (χ3n) is 5.15. The Hall–Kier alpha value is -3.66. The van der Waals surface area contributed by atoms with Crippen LogP contribution in [0.2, 0.25) is 0 Å². The lowest BCUT2D eigenvalue weighted by molar-refractivity contribution is -0.190. The maximum absolute atomic E-state index is 12.8. The summed E-state index contributed by atoms with van der Waals surface area (Å²) in [5.74, 6) is -2.66. The van der Waals surface area contributed by atoms with Crippen molar-refractivity contribution in [3.63, 3.8) is 0 Å². The first-order valence-electron chi connectivity index (χ1n) is 9.03. The molecule has 28 heavy (non-hydrogen) atoms. The molecule has 1 aliphatic rings. The summed E-state index contributed by atoms with van der Waals surface area (Å²) in [7, 11) is 0. The van der Waals surface area contributed by atoms with Crippen LogP contribution in [0.15, 0.2) is 78.9 Å². The molecule has 5 rings (SSSR count). The maximum atomic E-state index is 12.8.